The number of carbonyl (C=O) groups is 2. The van der Waals surface area contributed by atoms with Gasteiger partial charge in [-0.15, -0.1) is 0 Å². The molecule has 0 aliphatic carbocycles. The summed E-state index contributed by atoms with van der Waals surface area (Å²) >= 11 is 3.34. The maximum absolute atomic E-state index is 11.6. The number of carboxylic acid groups (broad SMARTS) is 1. The van der Waals surface area contributed by atoms with Crippen LogP contribution in [0.5, 0.6) is 0 Å². The lowest BCUT2D eigenvalue weighted by molar-refractivity contribution is -0.141. The van der Waals surface area contributed by atoms with E-state index in [1.165, 1.54) is 6.08 Å². The Morgan fingerprint density at radius 3 is 2.63 bits per heavy atom. The Labute approximate surface area is 119 Å². The summed E-state index contributed by atoms with van der Waals surface area (Å²) in [4.78, 5) is 22.4. The van der Waals surface area contributed by atoms with Crippen LogP contribution in [-0.2, 0) is 9.59 Å². The zero-order chi connectivity index (χ0) is 14.3. The molecular formula is C13H14BrNO4. The van der Waals surface area contributed by atoms with Crippen molar-refractivity contribution in [1.82, 2.24) is 5.32 Å². The molecule has 1 rings (SSSR count). The first-order valence-electron chi connectivity index (χ1n) is 5.61. The van der Waals surface area contributed by atoms with Gasteiger partial charge in [0.25, 0.3) is 0 Å². The van der Waals surface area contributed by atoms with Gasteiger partial charge in [0.2, 0.25) is 5.91 Å². The molecule has 1 aromatic rings. The van der Waals surface area contributed by atoms with E-state index in [0.29, 0.717) is 0 Å². The topological polar surface area (TPSA) is 86.6 Å². The molecule has 5 nitrogen and oxygen atoms in total. The maximum Gasteiger partial charge on any atom is 0.326 e. The van der Waals surface area contributed by atoms with E-state index in [-0.39, 0.29) is 13.0 Å². The van der Waals surface area contributed by atoms with Crippen molar-refractivity contribution in [1.29, 1.82) is 0 Å². The van der Waals surface area contributed by atoms with Crippen LogP contribution in [0.3, 0.4) is 0 Å². The minimum absolute atomic E-state index is 0.0239. The molecule has 102 valence electrons. The van der Waals surface area contributed by atoms with E-state index < -0.39 is 17.9 Å². The molecular weight excluding hydrogens is 314 g/mol. The average Bonchev–Trinajstić information content (AvgIpc) is 2.37. The van der Waals surface area contributed by atoms with E-state index in [1.807, 2.05) is 24.3 Å². The number of amides is 1. The highest BCUT2D eigenvalue weighted by atomic mass is 79.9. The molecule has 19 heavy (non-hydrogen) atoms. The zero-order valence-electron chi connectivity index (χ0n) is 10.0. The first-order chi connectivity index (χ1) is 9.04. The van der Waals surface area contributed by atoms with Crippen molar-refractivity contribution in [3.05, 3.63) is 40.4 Å². The Bertz CT molecular complexity index is 487. The Morgan fingerprint density at radius 1 is 1.37 bits per heavy atom. The number of halogens is 1. The fourth-order valence-electron chi connectivity index (χ4n) is 1.38. The number of aliphatic hydroxyl groups is 1. The highest BCUT2D eigenvalue weighted by molar-refractivity contribution is 9.10. The predicted molar refractivity (Wildman–Crippen MR) is 74.4 cm³/mol. The van der Waals surface area contributed by atoms with Gasteiger partial charge in [-0.05, 0) is 17.7 Å². The maximum atomic E-state index is 11.6. The van der Waals surface area contributed by atoms with E-state index >= 15 is 0 Å². The predicted octanol–water partition coefficient (Wildman–Crippen LogP) is 1.41. The van der Waals surface area contributed by atoms with Crippen LogP contribution in [0.4, 0.5) is 0 Å². The fourth-order valence-corrected chi connectivity index (χ4v) is 1.80. The molecule has 0 heterocycles. The second-order valence-corrected chi connectivity index (χ2v) is 4.62. The SMILES string of the molecule is O=C(/C=C/c1ccccc1Br)NC(CCO)C(=O)O. The molecule has 3 N–H and O–H groups in total. The van der Waals surface area contributed by atoms with Crippen LogP contribution in [0, 0.1) is 0 Å². The largest absolute Gasteiger partial charge is 0.480 e. The van der Waals surface area contributed by atoms with Crippen LogP contribution in [-0.4, -0.2) is 34.7 Å². The fraction of sp³-hybridized carbons (Fsp3) is 0.231. The number of carbonyl (C=O) groups excluding carboxylic acids is 1. The molecule has 0 fully saturated rings. The first-order valence-corrected chi connectivity index (χ1v) is 6.40. The number of hydrogen-bond acceptors (Lipinski definition) is 3. The molecule has 0 aliphatic heterocycles. The summed E-state index contributed by atoms with van der Waals surface area (Å²) in [6.07, 6.45) is 2.81. The van der Waals surface area contributed by atoms with Crippen LogP contribution >= 0.6 is 15.9 Å². The Morgan fingerprint density at radius 2 is 2.05 bits per heavy atom. The molecule has 1 aromatic carbocycles. The summed E-state index contributed by atoms with van der Waals surface area (Å²) < 4.78 is 0.837. The molecule has 1 atom stereocenters. The molecule has 0 aliphatic rings. The van der Waals surface area contributed by atoms with E-state index in [1.54, 1.807) is 6.08 Å². The lowest BCUT2D eigenvalue weighted by Crippen LogP contribution is -2.40. The third-order valence-electron chi connectivity index (χ3n) is 2.35. The standard InChI is InChI=1S/C13H14BrNO4/c14-10-4-2-1-3-9(10)5-6-12(17)15-11(7-8-16)13(18)19/h1-6,11,16H,7-8H2,(H,15,17)(H,18,19)/b6-5+. The Hall–Kier alpha value is -1.66. The first kappa shape index (κ1) is 15.4. The van der Waals surface area contributed by atoms with Gasteiger partial charge in [0, 0.05) is 23.6 Å². The normalized spacial score (nSPS) is 12.3. The van der Waals surface area contributed by atoms with Crippen LogP contribution in [0.15, 0.2) is 34.8 Å². The molecule has 1 unspecified atom stereocenters. The quantitative estimate of drug-likeness (QED) is 0.689. The van der Waals surface area contributed by atoms with E-state index in [0.717, 1.165) is 10.0 Å². The zero-order valence-corrected chi connectivity index (χ0v) is 11.6. The molecule has 6 heteroatoms. The van der Waals surface area contributed by atoms with Crippen LogP contribution in [0.1, 0.15) is 12.0 Å². The summed E-state index contributed by atoms with van der Waals surface area (Å²) in [5.41, 5.74) is 0.812. The van der Waals surface area contributed by atoms with Crippen LogP contribution in [0.2, 0.25) is 0 Å². The average molecular weight is 328 g/mol. The lowest BCUT2D eigenvalue weighted by atomic mass is 10.2. The Balaban J connectivity index is 2.64. The van der Waals surface area contributed by atoms with Gasteiger partial charge in [-0.2, -0.15) is 0 Å². The van der Waals surface area contributed by atoms with Crippen LogP contribution in [0.25, 0.3) is 6.08 Å². The van der Waals surface area contributed by atoms with Crippen molar-refractivity contribution >= 4 is 33.9 Å². The van der Waals surface area contributed by atoms with Gasteiger partial charge in [-0.3, -0.25) is 4.79 Å². The van der Waals surface area contributed by atoms with Crippen molar-refractivity contribution in [3.8, 4) is 0 Å². The summed E-state index contributed by atoms with van der Waals surface area (Å²) in [6, 6.07) is 6.25. The Kier molecular flexibility index (Phi) is 6.24. The third kappa shape index (κ3) is 5.23. The van der Waals surface area contributed by atoms with Crippen molar-refractivity contribution in [2.45, 2.75) is 12.5 Å². The number of rotatable bonds is 6. The molecule has 0 spiro atoms. The number of benzene rings is 1. The van der Waals surface area contributed by atoms with Gasteiger partial charge < -0.3 is 15.5 Å². The highest BCUT2D eigenvalue weighted by Crippen LogP contribution is 2.16. The van der Waals surface area contributed by atoms with Gasteiger partial charge in [-0.25, -0.2) is 4.79 Å². The monoisotopic (exact) mass is 327 g/mol. The van der Waals surface area contributed by atoms with Crippen molar-refractivity contribution < 1.29 is 19.8 Å². The minimum Gasteiger partial charge on any atom is -0.480 e. The number of hydrogen-bond donors (Lipinski definition) is 3. The summed E-state index contributed by atoms with van der Waals surface area (Å²) in [5, 5.41) is 19.8. The molecule has 0 aromatic heterocycles. The molecule has 0 saturated heterocycles. The second kappa shape index (κ2) is 7.70. The summed E-state index contributed by atoms with van der Waals surface area (Å²) in [7, 11) is 0. The van der Waals surface area contributed by atoms with Crippen LogP contribution < -0.4 is 5.32 Å². The number of aliphatic hydroxyl groups excluding tert-OH is 1. The third-order valence-corrected chi connectivity index (χ3v) is 3.07. The van der Waals surface area contributed by atoms with E-state index in [4.69, 9.17) is 10.2 Å². The van der Waals surface area contributed by atoms with Gasteiger partial charge in [0.15, 0.2) is 0 Å². The van der Waals surface area contributed by atoms with Crippen molar-refractivity contribution in [2.24, 2.45) is 0 Å². The van der Waals surface area contributed by atoms with Gasteiger partial charge in [0.1, 0.15) is 6.04 Å². The number of carboxylic acids is 1. The molecule has 0 radical (unpaired) electrons. The molecule has 0 bridgehead atoms. The van der Waals surface area contributed by atoms with E-state index in [2.05, 4.69) is 21.2 Å². The highest BCUT2D eigenvalue weighted by Gasteiger charge is 2.17. The second-order valence-electron chi connectivity index (χ2n) is 3.77. The smallest absolute Gasteiger partial charge is 0.326 e. The number of nitrogens with one attached hydrogen (secondary N) is 1. The van der Waals surface area contributed by atoms with Crippen molar-refractivity contribution in [2.75, 3.05) is 6.61 Å². The molecule has 0 saturated carbocycles. The lowest BCUT2D eigenvalue weighted by Gasteiger charge is -2.11. The molecule has 1 amide bonds. The van der Waals surface area contributed by atoms with Gasteiger partial charge >= 0.3 is 5.97 Å². The number of aliphatic carboxylic acids is 1. The summed E-state index contributed by atoms with van der Waals surface area (Å²) in [5.74, 6) is -1.69. The summed E-state index contributed by atoms with van der Waals surface area (Å²) in [6.45, 7) is -0.300. The van der Waals surface area contributed by atoms with Gasteiger partial charge in [0.05, 0.1) is 0 Å². The van der Waals surface area contributed by atoms with Gasteiger partial charge in [-0.1, -0.05) is 34.1 Å². The van der Waals surface area contributed by atoms with Crippen molar-refractivity contribution in [3.63, 3.8) is 0 Å². The van der Waals surface area contributed by atoms with E-state index in [9.17, 15) is 9.59 Å². The minimum atomic E-state index is -1.17.